The summed E-state index contributed by atoms with van der Waals surface area (Å²) in [5.41, 5.74) is 4.06. The zero-order chi connectivity index (χ0) is 15.6. The number of nitrogens with two attached hydrogens (primary N) is 1. The first-order valence-electron chi connectivity index (χ1n) is 5.74. The fourth-order valence-electron chi connectivity index (χ4n) is 1.55. The zero-order valence-corrected chi connectivity index (χ0v) is 10.7. The highest BCUT2D eigenvalue weighted by Crippen LogP contribution is 2.27. The predicted molar refractivity (Wildman–Crippen MR) is 62.3 cm³/mol. The summed E-state index contributed by atoms with van der Waals surface area (Å²) >= 11 is 0. The molecule has 3 nitrogen and oxygen atoms in total. The molecule has 0 spiro atoms. The van der Waals surface area contributed by atoms with Gasteiger partial charge in [-0.15, -0.1) is 0 Å². The number of nitrogens with one attached hydrogen (secondary N) is 1. The maximum Gasteiger partial charge on any atom is 0.241 e. The third kappa shape index (κ3) is 3.24. The van der Waals surface area contributed by atoms with E-state index in [0.29, 0.717) is 0 Å². The first kappa shape index (κ1) is 16.4. The molecule has 0 aliphatic rings. The van der Waals surface area contributed by atoms with Crippen LogP contribution in [0.1, 0.15) is 20.3 Å². The van der Waals surface area contributed by atoms with Crippen LogP contribution in [0.2, 0.25) is 0 Å². The lowest BCUT2D eigenvalue weighted by Gasteiger charge is -2.15. The summed E-state index contributed by atoms with van der Waals surface area (Å²) in [6, 6.07) is -1.12. The van der Waals surface area contributed by atoms with Gasteiger partial charge in [-0.2, -0.15) is 0 Å². The molecule has 0 bridgehead atoms. The number of rotatable bonds is 4. The SMILES string of the molecule is CC(C)C[C@H](N)C(=O)Nc1c(F)c(F)c(F)c(F)c1F. The molecule has 112 valence electrons. The Morgan fingerprint density at radius 1 is 1.00 bits per heavy atom. The van der Waals surface area contributed by atoms with E-state index in [1.54, 1.807) is 19.2 Å². The lowest BCUT2D eigenvalue weighted by Crippen LogP contribution is -2.37. The summed E-state index contributed by atoms with van der Waals surface area (Å²) in [6.45, 7) is 3.51. The number of amides is 1. The molecule has 8 heteroatoms. The van der Waals surface area contributed by atoms with Gasteiger partial charge in [0.05, 0.1) is 6.04 Å². The van der Waals surface area contributed by atoms with Crippen molar-refractivity contribution in [2.24, 2.45) is 11.7 Å². The molecule has 1 aromatic carbocycles. The Balaban J connectivity index is 3.07. The highest BCUT2D eigenvalue weighted by Gasteiger charge is 2.28. The van der Waals surface area contributed by atoms with Crippen molar-refractivity contribution in [2.45, 2.75) is 26.3 Å². The molecule has 0 heterocycles. The molecule has 1 rings (SSSR count). The Morgan fingerprint density at radius 2 is 1.40 bits per heavy atom. The van der Waals surface area contributed by atoms with E-state index in [-0.39, 0.29) is 12.3 Å². The summed E-state index contributed by atoms with van der Waals surface area (Å²) in [5, 5.41) is 1.63. The van der Waals surface area contributed by atoms with E-state index in [2.05, 4.69) is 0 Å². The monoisotopic (exact) mass is 296 g/mol. The standard InChI is InChI=1S/C12H13F5N2O/c1-4(2)3-5(18)12(20)19-11-9(16)7(14)6(13)8(15)10(11)17/h4-5H,3,18H2,1-2H3,(H,19,20)/t5-/m0/s1. The van der Waals surface area contributed by atoms with Gasteiger partial charge in [0.2, 0.25) is 11.7 Å². The molecule has 0 aliphatic carbocycles. The van der Waals surface area contributed by atoms with Gasteiger partial charge in [0.25, 0.3) is 0 Å². The highest BCUT2D eigenvalue weighted by molar-refractivity contribution is 5.94. The number of hydrogen-bond acceptors (Lipinski definition) is 2. The number of halogens is 5. The van der Waals surface area contributed by atoms with Crippen LogP contribution in [0.15, 0.2) is 0 Å². The van der Waals surface area contributed by atoms with Gasteiger partial charge >= 0.3 is 0 Å². The van der Waals surface area contributed by atoms with Crippen LogP contribution < -0.4 is 11.1 Å². The molecule has 1 aromatic rings. The van der Waals surface area contributed by atoms with Crippen LogP contribution in [0.25, 0.3) is 0 Å². The molecule has 0 saturated carbocycles. The van der Waals surface area contributed by atoms with Gasteiger partial charge in [-0.25, -0.2) is 22.0 Å². The first-order valence-corrected chi connectivity index (χ1v) is 5.74. The number of carbonyl (C=O) groups excluding carboxylic acids is 1. The smallest absolute Gasteiger partial charge is 0.241 e. The van der Waals surface area contributed by atoms with Crippen molar-refractivity contribution < 1.29 is 26.7 Å². The van der Waals surface area contributed by atoms with Gasteiger partial charge < -0.3 is 11.1 Å². The normalized spacial score (nSPS) is 12.7. The van der Waals surface area contributed by atoms with Crippen molar-refractivity contribution in [3.05, 3.63) is 29.1 Å². The quantitative estimate of drug-likeness (QED) is 0.510. The van der Waals surface area contributed by atoms with Crippen molar-refractivity contribution >= 4 is 11.6 Å². The lowest BCUT2D eigenvalue weighted by molar-refractivity contribution is -0.117. The van der Waals surface area contributed by atoms with E-state index in [9.17, 15) is 26.7 Å². The fourth-order valence-corrected chi connectivity index (χ4v) is 1.55. The molecule has 0 unspecified atom stereocenters. The molecule has 3 N–H and O–H groups in total. The summed E-state index contributed by atoms with van der Waals surface area (Å²) in [4.78, 5) is 11.6. The van der Waals surface area contributed by atoms with E-state index < -0.39 is 46.7 Å². The molecule has 1 atom stereocenters. The second kappa shape index (κ2) is 6.17. The lowest BCUT2D eigenvalue weighted by atomic mass is 10.0. The molecule has 0 radical (unpaired) electrons. The van der Waals surface area contributed by atoms with Crippen molar-refractivity contribution in [1.82, 2.24) is 0 Å². The highest BCUT2D eigenvalue weighted by atomic mass is 19.2. The predicted octanol–water partition coefficient (Wildman–Crippen LogP) is 2.69. The van der Waals surface area contributed by atoms with E-state index in [1.165, 1.54) is 0 Å². The van der Waals surface area contributed by atoms with E-state index in [0.717, 1.165) is 0 Å². The molecular formula is C12H13F5N2O. The van der Waals surface area contributed by atoms with Crippen LogP contribution >= 0.6 is 0 Å². The second-order valence-electron chi connectivity index (χ2n) is 4.67. The van der Waals surface area contributed by atoms with E-state index in [1.807, 2.05) is 0 Å². The maximum absolute atomic E-state index is 13.3. The van der Waals surface area contributed by atoms with Crippen molar-refractivity contribution in [2.75, 3.05) is 5.32 Å². The van der Waals surface area contributed by atoms with Crippen LogP contribution in [0.3, 0.4) is 0 Å². The number of anilines is 1. The minimum atomic E-state index is -2.29. The summed E-state index contributed by atoms with van der Waals surface area (Å²) in [7, 11) is 0. The minimum Gasteiger partial charge on any atom is -0.320 e. The van der Waals surface area contributed by atoms with Crippen LogP contribution in [0, 0.1) is 35.0 Å². The van der Waals surface area contributed by atoms with Crippen LogP contribution in [0.5, 0.6) is 0 Å². The number of hydrogen-bond donors (Lipinski definition) is 2. The molecule has 20 heavy (non-hydrogen) atoms. The molecule has 0 fully saturated rings. The molecule has 0 aliphatic heterocycles. The van der Waals surface area contributed by atoms with Crippen molar-refractivity contribution in [3.63, 3.8) is 0 Å². The molecule has 1 amide bonds. The van der Waals surface area contributed by atoms with Crippen molar-refractivity contribution in [3.8, 4) is 0 Å². The largest absolute Gasteiger partial charge is 0.320 e. The topological polar surface area (TPSA) is 55.1 Å². The van der Waals surface area contributed by atoms with Gasteiger partial charge in [0.15, 0.2) is 23.3 Å². The van der Waals surface area contributed by atoms with Gasteiger partial charge in [-0.3, -0.25) is 4.79 Å². The van der Waals surface area contributed by atoms with E-state index >= 15 is 0 Å². The van der Waals surface area contributed by atoms with Crippen LogP contribution in [-0.4, -0.2) is 11.9 Å². The van der Waals surface area contributed by atoms with Crippen LogP contribution in [0.4, 0.5) is 27.6 Å². The Bertz CT molecular complexity index is 504. The molecular weight excluding hydrogens is 283 g/mol. The average Bonchev–Trinajstić information content (AvgIpc) is 2.38. The summed E-state index contributed by atoms with van der Waals surface area (Å²) in [5.74, 6) is -11.8. The van der Waals surface area contributed by atoms with Crippen LogP contribution in [-0.2, 0) is 4.79 Å². The molecule has 0 saturated heterocycles. The van der Waals surface area contributed by atoms with Gasteiger partial charge in [0, 0.05) is 0 Å². The Hall–Kier alpha value is -1.70. The summed E-state index contributed by atoms with van der Waals surface area (Å²) in [6.07, 6.45) is 0.196. The average molecular weight is 296 g/mol. The van der Waals surface area contributed by atoms with Crippen molar-refractivity contribution in [1.29, 1.82) is 0 Å². The minimum absolute atomic E-state index is 0.0205. The third-order valence-electron chi connectivity index (χ3n) is 2.52. The van der Waals surface area contributed by atoms with Gasteiger partial charge in [-0.1, -0.05) is 13.8 Å². The Kier molecular flexibility index (Phi) is 5.04. The molecule has 0 aromatic heterocycles. The second-order valence-corrected chi connectivity index (χ2v) is 4.67. The van der Waals surface area contributed by atoms with Gasteiger partial charge in [-0.05, 0) is 12.3 Å². The Morgan fingerprint density at radius 3 is 1.80 bits per heavy atom. The number of carbonyl (C=O) groups is 1. The zero-order valence-electron chi connectivity index (χ0n) is 10.7. The first-order chi connectivity index (χ1) is 9.16. The fraction of sp³-hybridized carbons (Fsp3) is 0.417. The van der Waals surface area contributed by atoms with Gasteiger partial charge in [0.1, 0.15) is 5.69 Å². The third-order valence-corrected chi connectivity index (χ3v) is 2.52. The Labute approximate surface area is 112 Å². The summed E-state index contributed by atoms with van der Waals surface area (Å²) < 4.78 is 65.3. The maximum atomic E-state index is 13.3. The van der Waals surface area contributed by atoms with E-state index in [4.69, 9.17) is 5.73 Å². The number of benzene rings is 1.